The van der Waals surface area contributed by atoms with E-state index in [9.17, 15) is 4.79 Å². The molecule has 0 aliphatic heterocycles. The molecular weight excluding hydrogens is 248 g/mol. The van der Waals surface area contributed by atoms with Gasteiger partial charge in [-0.1, -0.05) is 40.5 Å². The highest BCUT2D eigenvalue weighted by atomic mass is 16.2. The van der Waals surface area contributed by atoms with Gasteiger partial charge in [-0.3, -0.25) is 4.79 Å². The predicted molar refractivity (Wildman–Crippen MR) is 88.0 cm³/mol. The molecule has 3 nitrogen and oxygen atoms in total. The molecule has 0 aliphatic rings. The second kappa shape index (κ2) is 13.4. The summed E-state index contributed by atoms with van der Waals surface area (Å²) in [6.45, 7) is 14.1. The third-order valence-electron chi connectivity index (χ3n) is 3.89. The van der Waals surface area contributed by atoms with Crippen LogP contribution >= 0.6 is 0 Å². The zero-order valence-electron chi connectivity index (χ0n) is 14.3. The number of unbranched alkanes of at least 4 members (excludes halogenated alkanes) is 3. The van der Waals surface area contributed by atoms with E-state index in [0.717, 1.165) is 51.9 Å². The topological polar surface area (TPSA) is 23.6 Å². The SMILES string of the molecule is CCCCN(CCCCCN(CC)CC)C(=O)CCC. The molecule has 0 atom stereocenters. The van der Waals surface area contributed by atoms with Gasteiger partial charge in [0.25, 0.3) is 0 Å². The van der Waals surface area contributed by atoms with Crippen LogP contribution in [0.3, 0.4) is 0 Å². The van der Waals surface area contributed by atoms with Crippen molar-refractivity contribution in [2.24, 2.45) is 0 Å². The highest BCUT2D eigenvalue weighted by Gasteiger charge is 2.11. The molecule has 20 heavy (non-hydrogen) atoms. The van der Waals surface area contributed by atoms with Crippen molar-refractivity contribution < 1.29 is 4.79 Å². The van der Waals surface area contributed by atoms with Gasteiger partial charge in [0, 0.05) is 19.5 Å². The Morgan fingerprint density at radius 3 is 1.90 bits per heavy atom. The van der Waals surface area contributed by atoms with Crippen LogP contribution in [0, 0.1) is 0 Å². The Labute approximate surface area is 126 Å². The minimum absolute atomic E-state index is 0.352. The van der Waals surface area contributed by atoms with E-state index < -0.39 is 0 Å². The third-order valence-corrected chi connectivity index (χ3v) is 3.89. The van der Waals surface area contributed by atoms with E-state index in [1.54, 1.807) is 0 Å². The number of amides is 1. The molecule has 0 saturated carbocycles. The number of hydrogen-bond donors (Lipinski definition) is 0. The van der Waals surface area contributed by atoms with Gasteiger partial charge in [0.15, 0.2) is 0 Å². The molecule has 1 amide bonds. The molecule has 0 aromatic heterocycles. The van der Waals surface area contributed by atoms with Gasteiger partial charge in [-0.25, -0.2) is 0 Å². The van der Waals surface area contributed by atoms with Crippen molar-refractivity contribution >= 4 is 5.91 Å². The van der Waals surface area contributed by atoms with Crippen molar-refractivity contribution in [2.75, 3.05) is 32.7 Å². The van der Waals surface area contributed by atoms with Gasteiger partial charge in [-0.2, -0.15) is 0 Å². The van der Waals surface area contributed by atoms with Crippen LogP contribution in [0.4, 0.5) is 0 Å². The van der Waals surface area contributed by atoms with Crippen LogP contribution in [0.25, 0.3) is 0 Å². The van der Waals surface area contributed by atoms with Crippen LogP contribution in [0.1, 0.15) is 72.6 Å². The fourth-order valence-corrected chi connectivity index (χ4v) is 2.44. The summed E-state index contributed by atoms with van der Waals surface area (Å²) in [6.07, 6.45) is 7.61. The minimum Gasteiger partial charge on any atom is -0.343 e. The fraction of sp³-hybridized carbons (Fsp3) is 0.941. The van der Waals surface area contributed by atoms with Crippen LogP contribution in [0.5, 0.6) is 0 Å². The minimum atomic E-state index is 0.352. The molecule has 0 unspecified atom stereocenters. The molecule has 0 aromatic carbocycles. The van der Waals surface area contributed by atoms with Gasteiger partial charge in [-0.15, -0.1) is 0 Å². The number of nitrogens with zero attached hydrogens (tertiary/aromatic N) is 2. The quantitative estimate of drug-likeness (QED) is 0.478. The van der Waals surface area contributed by atoms with Crippen molar-refractivity contribution in [3.05, 3.63) is 0 Å². The molecule has 0 rings (SSSR count). The lowest BCUT2D eigenvalue weighted by Gasteiger charge is -2.23. The third kappa shape index (κ3) is 9.35. The zero-order chi connectivity index (χ0) is 15.2. The van der Waals surface area contributed by atoms with Crippen molar-refractivity contribution in [3.8, 4) is 0 Å². The first kappa shape index (κ1) is 19.4. The van der Waals surface area contributed by atoms with E-state index >= 15 is 0 Å². The molecule has 120 valence electrons. The van der Waals surface area contributed by atoms with E-state index in [0.29, 0.717) is 12.3 Å². The first-order valence-corrected chi connectivity index (χ1v) is 8.69. The summed E-state index contributed by atoms with van der Waals surface area (Å²) in [5.74, 6) is 0.352. The molecule has 0 bridgehead atoms. The molecule has 0 saturated heterocycles. The summed E-state index contributed by atoms with van der Waals surface area (Å²) in [6, 6.07) is 0. The van der Waals surface area contributed by atoms with E-state index in [1.807, 2.05) is 0 Å². The standard InChI is InChI=1S/C17H36N2O/c1-5-9-15-19(17(20)13-6-2)16-12-10-11-14-18(7-3)8-4/h5-16H2,1-4H3. The monoisotopic (exact) mass is 284 g/mol. The second-order valence-electron chi connectivity index (χ2n) is 5.57. The molecule has 3 heteroatoms. The maximum absolute atomic E-state index is 12.0. The van der Waals surface area contributed by atoms with Crippen LogP contribution in [0.2, 0.25) is 0 Å². The molecule has 0 spiro atoms. The predicted octanol–water partition coefficient (Wildman–Crippen LogP) is 3.93. The summed E-state index contributed by atoms with van der Waals surface area (Å²) in [5, 5.41) is 0. The lowest BCUT2D eigenvalue weighted by atomic mass is 10.2. The van der Waals surface area contributed by atoms with E-state index in [1.165, 1.54) is 19.4 Å². The Bertz CT molecular complexity index is 227. The van der Waals surface area contributed by atoms with Crippen LogP contribution in [0.15, 0.2) is 0 Å². The first-order chi connectivity index (χ1) is 9.69. The highest BCUT2D eigenvalue weighted by Crippen LogP contribution is 2.06. The molecule has 0 aliphatic carbocycles. The summed E-state index contributed by atoms with van der Waals surface area (Å²) in [7, 11) is 0. The maximum atomic E-state index is 12.0. The first-order valence-electron chi connectivity index (χ1n) is 8.69. The second-order valence-corrected chi connectivity index (χ2v) is 5.57. The van der Waals surface area contributed by atoms with E-state index in [4.69, 9.17) is 0 Å². The van der Waals surface area contributed by atoms with Crippen molar-refractivity contribution in [3.63, 3.8) is 0 Å². The van der Waals surface area contributed by atoms with Gasteiger partial charge in [0.05, 0.1) is 0 Å². The zero-order valence-corrected chi connectivity index (χ0v) is 14.3. The summed E-state index contributed by atoms with van der Waals surface area (Å²) in [4.78, 5) is 16.6. The number of hydrogen-bond acceptors (Lipinski definition) is 2. The largest absolute Gasteiger partial charge is 0.343 e. The summed E-state index contributed by atoms with van der Waals surface area (Å²) >= 11 is 0. The van der Waals surface area contributed by atoms with Crippen LogP contribution < -0.4 is 0 Å². The van der Waals surface area contributed by atoms with Crippen molar-refractivity contribution in [1.82, 2.24) is 9.80 Å². The molecule has 0 radical (unpaired) electrons. The highest BCUT2D eigenvalue weighted by molar-refractivity contribution is 5.76. The molecular formula is C17H36N2O. The molecule has 0 N–H and O–H groups in total. The summed E-state index contributed by atoms with van der Waals surface area (Å²) in [5.41, 5.74) is 0. The van der Waals surface area contributed by atoms with Crippen LogP contribution in [-0.2, 0) is 4.79 Å². The smallest absolute Gasteiger partial charge is 0.222 e. The fourth-order valence-electron chi connectivity index (χ4n) is 2.44. The van der Waals surface area contributed by atoms with E-state index in [2.05, 4.69) is 37.5 Å². The Kier molecular flexibility index (Phi) is 13.0. The number of rotatable bonds is 13. The Morgan fingerprint density at radius 1 is 0.750 bits per heavy atom. The van der Waals surface area contributed by atoms with E-state index in [-0.39, 0.29) is 0 Å². The Hall–Kier alpha value is -0.570. The van der Waals surface area contributed by atoms with Crippen molar-refractivity contribution in [1.29, 1.82) is 0 Å². The van der Waals surface area contributed by atoms with Gasteiger partial charge in [0.1, 0.15) is 0 Å². The van der Waals surface area contributed by atoms with Gasteiger partial charge in [-0.05, 0) is 45.3 Å². The van der Waals surface area contributed by atoms with Gasteiger partial charge in [0.2, 0.25) is 5.91 Å². The average molecular weight is 284 g/mol. The number of carbonyl (C=O) groups is 1. The van der Waals surface area contributed by atoms with Gasteiger partial charge >= 0.3 is 0 Å². The number of carbonyl (C=O) groups excluding carboxylic acids is 1. The Morgan fingerprint density at radius 2 is 1.35 bits per heavy atom. The average Bonchev–Trinajstić information content (AvgIpc) is 2.46. The lowest BCUT2D eigenvalue weighted by molar-refractivity contribution is -0.131. The van der Waals surface area contributed by atoms with Gasteiger partial charge < -0.3 is 9.80 Å². The van der Waals surface area contributed by atoms with Crippen LogP contribution in [-0.4, -0.2) is 48.4 Å². The molecule has 0 fully saturated rings. The normalized spacial score (nSPS) is 11.1. The lowest BCUT2D eigenvalue weighted by Crippen LogP contribution is -2.32. The van der Waals surface area contributed by atoms with Crippen molar-refractivity contribution in [2.45, 2.75) is 72.6 Å². The molecule has 0 heterocycles. The Balaban J connectivity index is 3.86. The summed E-state index contributed by atoms with van der Waals surface area (Å²) < 4.78 is 0. The maximum Gasteiger partial charge on any atom is 0.222 e. The molecule has 0 aromatic rings.